The Balaban J connectivity index is 0.000000140. The number of halogens is 1. The maximum atomic E-state index is 4.14. The van der Waals surface area contributed by atoms with E-state index >= 15 is 0 Å². The van der Waals surface area contributed by atoms with Crippen molar-refractivity contribution in [1.82, 2.24) is 9.88 Å². The van der Waals surface area contributed by atoms with Crippen molar-refractivity contribution in [3.05, 3.63) is 78.6 Å². The molecule has 1 aliphatic carbocycles. The highest BCUT2D eigenvalue weighted by atomic mass is 35.5. The van der Waals surface area contributed by atoms with E-state index in [4.69, 9.17) is 0 Å². The molecule has 0 amide bonds. The lowest BCUT2D eigenvalue weighted by Gasteiger charge is -2.22. The highest BCUT2D eigenvalue weighted by Crippen LogP contribution is 2.46. The number of aromatic nitrogens is 1. The largest absolute Gasteiger partial charge is 0.299 e. The number of hydrogen-bond acceptors (Lipinski definition) is 2. The Kier molecular flexibility index (Phi) is 5.52. The number of nitrogens with zero attached hydrogens (tertiary/aromatic N) is 2. The van der Waals surface area contributed by atoms with Crippen molar-refractivity contribution in [2.75, 3.05) is 13.6 Å². The number of likely N-dealkylation sites (tertiary alicyclic amines) is 1. The van der Waals surface area contributed by atoms with Gasteiger partial charge in [-0.1, -0.05) is 54.6 Å². The number of hydrogen-bond donors (Lipinski definition) is 0. The molecule has 0 radical (unpaired) electrons. The molecule has 2 heterocycles. The quantitative estimate of drug-likeness (QED) is 0.444. The van der Waals surface area contributed by atoms with Gasteiger partial charge < -0.3 is 0 Å². The summed E-state index contributed by atoms with van der Waals surface area (Å²) in [5.41, 5.74) is 6.94. The molecule has 1 fully saturated rings. The summed E-state index contributed by atoms with van der Waals surface area (Å²) in [6.45, 7) is 1.22. The van der Waals surface area contributed by atoms with Gasteiger partial charge in [0.2, 0.25) is 0 Å². The zero-order chi connectivity index (χ0) is 16.4. The normalized spacial score (nSPS) is 17.2. The Bertz CT molecular complexity index is 732. The van der Waals surface area contributed by atoms with E-state index in [1.54, 1.807) is 0 Å². The molecular formula is C22H23ClN2. The van der Waals surface area contributed by atoms with E-state index in [0.717, 1.165) is 0 Å². The SMILES string of the molecule is CN1CCCC1c1cccnc1.Cl.c1ccc2c(c1)-c1ccccc1-2. The molecule has 0 saturated carbocycles. The minimum absolute atomic E-state index is 0. The summed E-state index contributed by atoms with van der Waals surface area (Å²) in [4.78, 5) is 6.54. The summed E-state index contributed by atoms with van der Waals surface area (Å²) in [5.74, 6) is 0. The van der Waals surface area contributed by atoms with Gasteiger partial charge in [0.1, 0.15) is 0 Å². The van der Waals surface area contributed by atoms with Crippen LogP contribution < -0.4 is 0 Å². The molecule has 1 saturated heterocycles. The van der Waals surface area contributed by atoms with Gasteiger partial charge in [0.15, 0.2) is 0 Å². The number of pyridine rings is 1. The number of rotatable bonds is 1. The average Bonchev–Trinajstić information content (AvgIpc) is 3.07. The fourth-order valence-electron chi connectivity index (χ4n) is 3.75. The van der Waals surface area contributed by atoms with Gasteiger partial charge in [-0.25, -0.2) is 0 Å². The van der Waals surface area contributed by atoms with Gasteiger partial charge in [-0.05, 0) is 60.3 Å². The monoisotopic (exact) mass is 350 g/mol. The average molecular weight is 351 g/mol. The first-order chi connectivity index (χ1) is 11.8. The van der Waals surface area contributed by atoms with Gasteiger partial charge in [0.05, 0.1) is 0 Å². The van der Waals surface area contributed by atoms with Crippen molar-refractivity contribution in [2.24, 2.45) is 0 Å². The molecule has 1 aromatic heterocycles. The Hall–Kier alpha value is -2.16. The smallest absolute Gasteiger partial charge is 0.0360 e. The van der Waals surface area contributed by atoms with Crippen molar-refractivity contribution >= 4 is 12.4 Å². The highest BCUT2D eigenvalue weighted by molar-refractivity contribution is 6.02. The molecule has 1 unspecified atom stereocenters. The molecule has 2 aromatic carbocycles. The van der Waals surface area contributed by atoms with Gasteiger partial charge in [-0.2, -0.15) is 0 Å². The zero-order valence-electron chi connectivity index (χ0n) is 14.4. The van der Waals surface area contributed by atoms with E-state index in [1.807, 2.05) is 18.5 Å². The van der Waals surface area contributed by atoms with Crippen molar-refractivity contribution in [1.29, 1.82) is 0 Å². The first kappa shape index (κ1) is 17.7. The molecule has 0 spiro atoms. The summed E-state index contributed by atoms with van der Waals surface area (Å²) >= 11 is 0. The van der Waals surface area contributed by atoms with E-state index < -0.39 is 0 Å². The maximum Gasteiger partial charge on any atom is 0.0360 e. The minimum Gasteiger partial charge on any atom is -0.299 e. The second-order valence-corrected chi connectivity index (χ2v) is 6.52. The van der Waals surface area contributed by atoms with E-state index in [0.29, 0.717) is 6.04 Å². The van der Waals surface area contributed by atoms with Gasteiger partial charge in [-0.15, -0.1) is 12.4 Å². The van der Waals surface area contributed by atoms with E-state index in [9.17, 15) is 0 Å². The first-order valence-electron chi connectivity index (χ1n) is 8.63. The van der Waals surface area contributed by atoms with Crippen LogP contribution in [-0.4, -0.2) is 23.5 Å². The molecule has 128 valence electrons. The third-order valence-corrected chi connectivity index (χ3v) is 5.02. The predicted octanol–water partition coefficient (Wildman–Crippen LogP) is 5.60. The van der Waals surface area contributed by atoms with Crippen LogP contribution in [0.1, 0.15) is 24.4 Å². The third-order valence-electron chi connectivity index (χ3n) is 5.02. The fourth-order valence-corrected chi connectivity index (χ4v) is 3.75. The van der Waals surface area contributed by atoms with Crippen LogP contribution in [0.2, 0.25) is 0 Å². The molecule has 1 atom stereocenters. The lowest BCUT2D eigenvalue weighted by molar-refractivity contribution is 0.317. The van der Waals surface area contributed by atoms with Crippen LogP contribution in [0.25, 0.3) is 22.3 Å². The molecule has 0 N–H and O–H groups in total. The molecule has 1 aliphatic heterocycles. The zero-order valence-corrected chi connectivity index (χ0v) is 15.2. The summed E-state index contributed by atoms with van der Waals surface area (Å²) in [7, 11) is 2.19. The lowest BCUT2D eigenvalue weighted by atomic mass is 9.81. The summed E-state index contributed by atoms with van der Waals surface area (Å²) < 4.78 is 0. The van der Waals surface area contributed by atoms with Crippen LogP contribution in [0, 0.1) is 0 Å². The van der Waals surface area contributed by atoms with Crippen molar-refractivity contribution in [3.8, 4) is 22.3 Å². The number of fused-ring (bicyclic) bond motifs is 4. The van der Waals surface area contributed by atoms with Crippen LogP contribution in [0.5, 0.6) is 0 Å². The fraction of sp³-hybridized carbons (Fsp3) is 0.227. The molecule has 3 heteroatoms. The van der Waals surface area contributed by atoms with Gasteiger partial charge in [0.25, 0.3) is 0 Å². The van der Waals surface area contributed by atoms with Crippen molar-refractivity contribution in [3.63, 3.8) is 0 Å². The maximum absolute atomic E-state index is 4.14. The molecular weight excluding hydrogens is 328 g/mol. The van der Waals surface area contributed by atoms with Gasteiger partial charge in [-0.3, -0.25) is 9.88 Å². The summed E-state index contributed by atoms with van der Waals surface area (Å²) in [6.07, 6.45) is 6.41. The van der Waals surface area contributed by atoms with Crippen LogP contribution >= 0.6 is 12.4 Å². The Morgan fingerprint density at radius 3 is 1.80 bits per heavy atom. The van der Waals surface area contributed by atoms with Gasteiger partial charge >= 0.3 is 0 Å². The van der Waals surface area contributed by atoms with Gasteiger partial charge in [0, 0.05) is 18.4 Å². The van der Waals surface area contributed by atoms with Crippen LogP contribution in [-0.2, 0) is 0 Å². The predicted molar refractivity (Wildman–Crippen MR) is 107 cm³/mol. The second-order valence-electron chi connectivity index (χ2n) is 6.52. The minimum atomic E-state index is 0. The van der Waals surface area contributed by atoms with Crippen LogP contribution in [0.15, 0.2) is 73.1 Å². The second kappa shape index (κ2) is 7.81. The molecule has 2 aliphatic rings. The summed E-state index contributed by atoms with van der Waals surface area (Å²) in [6, 6.07) is 21.9. The summed E-state index contributed by atoms with van der Waals surface area (Å²) in [5, 5.41) is 0. The van der Waals surface area contributed by atoms with E-state index in [2.05, 4.69) is 71.5 Å². The lowest BCUT2D eigenvalue weighted by Crippen LogP contribution is -2.17. The van der Waals surface area contributed by atoms with Crippen molar-refractivity contribution in [2.45, 2.75) is 18.9 Å². The van der Waals surface area contributed by atoms with Crippen molar-refractivity contribution < 1.29 is 0 Å². The van der Waals surface area contributed by atoms with E-state index in [-0.39, 0.29) is 12.4 Å². The Morgan fingerprint density at radius 2 is 1.40 bits per heavy atom. The standard InChI is InChI=1S/C12H8.C10H14N2.ClH/c1-2-6-10-9(5-1)11-7-3-4-8-12(10)11;1-12-7-3-5-10(12)9-4-2-6-11-8-9;/h1-8H;2,4,6,8,10H,3,5,7H2,1H3;1H. The first-order valence-corrected chi connectivity index (χ1v) is 8.63. The van der Waals surface area contributed by atoms with E-state index in [1.165, 1.54) is 47.2 Å². The van der Waals surface area contributed by atoms with Crippen LogP contribution in [0.4, 0.5) is 0 Å². The molecule has 5 rings (SSSR count). The number of benzene rings is 2. The molecule has 2 nitrogen and oxygen atoms in total. The Labute approximate surface area is 155 Å². The van der Waals surface area contributed by atoms with Crippen LogP contribution in [0.3, 0.4) is 0 Å². The molecule has 0 bridgehead atoms. The molecule has 25 heavy (non-hydrogen) atoms. The Morgan fingerprint density at radius 1 is 0.840 bits per heavy atom. The highest BCUT2D eigenvalue weighted by Gasteiger charge is 2.22. The topological polar surface area (TPSA) is 16.1 Å². The molecule has 3 aromatic rings. The third kappa shape index (κ3) is 3.46.